The Morgan fingerprint density at radius 1 is 1.15 bits per heavy atom. The molecular formula is C24H30N4O6. The number of carbonyl (C=O) groups excluding carboxylic acids is 1. The fourth-order valence-corrected chi connectivity index (χ4v) is 5.22. The highest BCUT2D eigenvalue weighted by molar-refractivity contribution is 5.90. The molecule has 2 amide bonds. The van der Waals surface area contributed by atoms with E-state index in [1.54, 1.807) is 0 Å². The Hall–Kier alpha value is -3.37. The van der Waals surface area contributed by atoms with Gasteiger partial charge in [0.1, 0.15) is 0 Å². The fourth-order valence-electron chi connectivity index (χ4n) is 5.22. The van der Waals surface area contributed by atoms with Crippen LogP contribution in [0.4, 0.5) is 4.79 Å². The third-order valence-corrected chi connectivity index (χ3v) is 6.72. The van der Waals surface area contributed by atoms with Crippen LogP contribution < -0.4 is 5.32 Å². The second-order valence-electron chi connectivity index (χ2n) is 8.89. The minimum atomic E-state index is -1.26. The fraction of sp³-hybridized carbons (Fsp3) is 0.458. The van der Waals surface area contributed by atoms with Crippen LogP contribution in [0.2, 0.25) is 0 Å². The topological polar surface area (TPSA) is 135 Å². The summed E-state index contributed by atoms with van der Waals surface area (Å²) >= 11 is 0. The molecule has 2 fully saturated rings. The summed E-state index contributed by atoms with van der Waals surface area (Å²) in [7, 11) is 2.20. The van der Waals surface area contributed by atoms with E-state index in [1.165, 1.54) is 22.0 Å². The van der Waals surface area contributed by atoms with Crippen LogP contribution in [-0.2, 0) is 20.7 Å². The molecule has 3 atom stereocenters. The summed E-state index contributed by atoms with van der Waals surface area (Å²) in [5.41, 5.74) is 4.10. The Balaban J connectivity index is 0.000000297. The second kappa shape index (κ2) is 10.3. The minimum Gasteiger partial charge on any atom is -0.478 e. The maximum absolute atomic E-state index is 12.6. The van der Waals surface area contributed by atoms with E-state index in [4.69, 9.17) is 14.9 Å². The molecule has 0 radical (unpaired) electrons. The molecule has 1 aliphatic carbocycles. The lowest BCUT2D eigenvalue weighted by Crippen LogP contribution is -2.57. The number of nitrogens with zero attached hydrogens (tertiary/aromatic N) is 2. The largest absolute Gasteiger partial charge is 0.478 e. The first-order valence-corrected chi connectivity index (χ1v) is 11.4. The van der Waals surface area contributed by atoms with Crippen molar-refractivity contribution in [3.63, 3.8) is 0 Å². The van der Waals surface area contributed by atoms with Gasteiger partial charge in [0, 0.05) is 66.9 Å². The summed E-state index contributed by atoms with van der Waals surface area (Å²) in [6.07, 6.45) is 5.38. The second-order valence-corrected chi connectivity index (χ2v) is 8.89. The number of amides is 2. The monoisotopic (exact) mass is 470 g/mol. The Bertz CT molecular complexity index is 1070. The molecule has 1 aromatic carbocycles. The Morgan fingerprint density at radius 3 is 2.53 bits per heavy atom. The molecule has 34 heavy (non-hydrogen) atoms. The highest BCUT2D eigenvalue weighted by atomic mass is 16.5. The van der Waals surface area contributed by atoms with Gasteiger partial charge in [-0.25, -0.2) is 14.4 Å². The van der Waals surface area contributed by atoms with Crippen molar-refractivity contribution in [3.05, 3.63) is 47.7 Å². The number of morpholine rings is 1. The number of piperidine rings is 1. The number of nitrogens with one attached hydrogen (secondary N) is 2. The van der Waals surface area contributed by atoms with Gasteiger partial charge >= 0.3 is 18.0 Å². The number of carbonyl (C=O) groups is 3. The molecule has 3 heterocycles. The third kappa shape index (κ3) is 5.23. The normalized spacial score (nSPS) is 24.3. The zero-order valence-electron chi connectivity index (χ0n) is 19.1. The molecule has 0 saturated carbocycles. The van der Waals surface area contributed by atoms with Crippen LogP contribution in [0.1, 0.15) is 23.5 Å². The van der Waals surface area contributed by atoms with Crippen LogP contribution in [0.15, 0.2) is 36.5 Å². The average molecular weight is 471 g/mol. The Kier molecular flexibility index (Phi) is 7.18. The number of aromatic nitrogens is 1. The summed E-state index contributed by atoms with van der Waals surface area (Å²) in [5, 5.41) is 20.3. The highest BCUT2D eigenvalue weighted by Gasteiger charge is 2.40. The number of carboxylic acids is 2. The van der Waals surface area contributed by atoms with E-state index >= 15 is 0 Å². The van der Waals surface area contributed by atoms with Crippen LogP contribution in [0, 0.1) is 0 Å². The number of benzene rings is 1. The summed E-state index contributed by atoms with van der Waals surface area (Å²) < 4.78 is 5.35. The number of carboxylic acid groups (broad SMARTS) is 2. The van der Waals surface area contributed by atoms with Gasteiger partial charge in [0.15, 0.2) is 0 Å². The number of urea groups is 1. The maximum atomic E-state index is 12.6. The summed E-state index contributed by atoms with van der Waals surface area (Å²) in [4.78, 5) is 39.5. The minimum absolute atomic E-state index is 0.0569. The van der Waals surface area contributed by atoms with Crippen molar-refractivity contribution in [2.75, 3.05) is 39.9 Å². The number of likely N-dealkylation sites (tertiary alicyclic amines) is 1. The van der Waals surface area contributed by atoms with E-state index < -0.39 is 11.9 Å². The Morgan fingerprint density at radius 2 is 1.85 bits per heavy atom. The van der Waals surface area contributed by atoms with Gasteiger partial charge in [0.25, 0.3) is 0 Å². The van der Waals surface area contributed by atoms with Crippen molar-refractivity contribution in [2.45, 2.75) is 30.8 Å². The number of ether oxygens (including phenoxy) is 1. The molecule has 2 saturated heterocycles. The van der Waals surface area contributed by atoms with Crippen LogP contribution in [0.25, 0.3) is 10.9 Å². The zero-order valence-corrected chi connectivity index (χ0v) is 19.1. The van der Waals surface area contributed by atoms with E-state index in [-0.39, 0.29) is 12.1 Å². The van der Waals surface area contributed by atoms with Gasteiger partial charge in [-0.1, -0.05) is 12.1 Å². The first-order chi connectivity index (χ1) is 16.3. The number of H-pyrrole nitrogens is 1. The van der Waals surface area contributed by atoms with Crippen LogP contribution in [0.3, 0.4) is 0 Å². The lowest BCUT2D eigenvalue weighted by atomic mass is 9.74. The number of aromatic amines is 1. The number of hydrogen-bond acceptors (Lipinski definition) is 5. The van der Waals surface area contributed by atoms with Crippen molar-refractivity contribution < 1.29 is 29.3 Å². The van der Waals surface area contributed by atoms with E-state index in [0.717, 1.165) is 19.4 Å². The molecule has 10 heteroatoms. The van der Waals surface area contributed by atoms with E-state index in [2.05, 4.69) is 46.6 Å². The van der Waals surface area contributed by atoms with Gasteiger partial charge in [-0.2, -0.15) is 0 Å². The molecule has 4 N–H and O–H groups in total. The van der Waals surface area contributed by atoms with Gasteiger partial charge in [-0.05, 0) is 37.1 Å². The third-order valence-electron chi connectivity index (χ3n) is 6.72. The molecule has 1 unspecified atom stereocenters. The average Bonchev–Trinajstić information content (AvgIpc) is 3.24. The van der Waals surface area contributed by atoms with Gasteiger partial charge < -0.3 is 35.1 Å². The lowest BCUT2D eigenvalue weighted by molar-refractivity contribution is -0.134. The number of likely N-dealkylation sites (N-methyl/N-ethyl adjacent to an activating group) is 1. The van der Waals surface area contributed by atoms with Gasteiger partial charge in [0.05, 0.1) is 13.2 Å². The Labute approximate surface area is 197 Å². The maximum Gasteiger partial charge on any atom is 0.328 e. The van der Waals surface area contributed by atoms with Crippen LogP contribution in [0.5, 0.6) is 0 Å². The molecular weight excluding hydrogens is 440 g/mol. The SMILES string of the molecule is CN1C[C@@H](NC(=O)N2CCOCC2)CC2c3cccc4[nH]cc(c34)C[C@H]21.O=C(O)/C=C\C(=O)O. The lowest BCUT2D eigenvalue weighted by Gasteiger charge is -2.46. The van der Waals surface area contributed by atoms with Gasteiger partial charge in [-0.15, -0.1) is 0 Å². The van der Waals surface area contributed by atoms with Crippen molar-refractivity contribution in [3.8, 4) is 0 Å². The smallest absolute Gasteiger partial charge is 0.328 e. The molecule has 2 aromatic rings. The van der Waals surface area contributed by atoms with E-state index in [0.29, 0.717) is 50.4 Å². The van der Waals surface area contributed by atoms with Crippen LogP contribution >= 0.6 is 0 Å². The van der Waals surface area contributed by atoms with Gasteiger partial charge in [-0.3, -0.25) is 0 Å². The quantitative estimate of drug-likeness (QED) is 0.501. The molecule has 10 nitrogen and oxygen atoms in total. The van der Waals surface area contributed by atoms with E-state index in [9.17, 15) is 14.4 Å². The van der Waals surface area contributed by atoms with Crippen molar-refractivity contribution in [1.82, 2.24) is 20.1 Å². The first kappa shape index (κ1) is 23.8. The highest BCUT2D eigenvalue weighted by Crippen LogP contribution is 2.42. The van der Waals surface area contributed by atoms with Crippen molar-refractivity contribution in [1.29, 1.82) is 0 Å². The number of aliphatic carboxylic acids is 2. The molecule has 1 aromatic heterocycles. The van der Waals surface area contributed by atoms with E-state index in [1.807, 2.05) is 4.90 Å². The zero-order chi connectivity index (χ0) is 24.2. The molecule has 2 aliphatic heterocycles. The summed E-state index contributed by atoms with van der Waals surface area (Å²) in [5.74, 6) is -2.05. The summed E-state index contributed by atoms with van der Waals surface area (Å²) in [6.45, 7) is 3.56. The van der Waals surface area contributed by atoms with Crippen molar-refractivity contribution >= 4 is 28.9 Å². The first-order valence-electron chi connectivity index (χ1n) is 11.4. The van der Waals surface area contributed by atoms with Gasteiger partial charge in [0.2, 0.25) is 0 Å². The molecule has 3 aliphatic rings. The van der Waals surface area contributed by atoms with Crippen LogP contribution in [-0.4, -0.2) is 94.9 Å². The predicted molar refractivity (Wildman–Crippen MR) is 125 cm³/mol. The molecule has 182 valence electrons. The standard InChI is InChI=1S/C20H26N4O2.C4H4O4/c1-23-12-14(22-20(25)24-5-7-26-8-6-24)10-16-15-3-2-4-17-19(15)13(11-21-17)9-18(16)23;5-3(6)1-2-4(7)8/h2-4,11,14,16,18,21H,5-10,12H2,1H3,(H,22,25);1-2H,(H,5,6)(H,7,8)/b;2-1-/t14-,16?,18+;/m0./s1. The molecule has 5 rings (SSSR count). The van der Waals surface area contributed by atoms with Crippen molar-refractivity contribution in [2.24, 2.45) is 0 Å². The number of fused-ring (bicyclic) bond motifs is 2. The number of rotatable bonds is 3. The molecule has 0 bridgehead atoms. The molecule has 0 spiro atoms. The summed E-state index contributed by atoms with van der Waals surface area (Å²) in [6, 6.07) is 7.34. The number of hydrogen-bond donors (Lipinski definition) is 4. The predicted octanol–water partition coefficient (Wildman–Crippen LogP) is 1.63.